The second-order valence-corrected chi connectivity index (χ2v) is 6.72. The Kier molecular flexibility index (Phi) is 3.44. The van der Waals surface area contributed by atoms with Gasteiger partial charge >= 0.3 is 0 Å². The molecule has 0 saturated carbocycles. The second-order valence-electron chi connectivity index (χ2n) is 4.99. The van der Waals surface area contributed by atoms with E-state index >= 15 is 0 Å². The van der Waals surface area contributed by atoms with Crippen molar-refractivity contribution in [2.75, 3.05) is 5.32 Å². The maximum Gasteiger partial charge on any atom is 0.266 e. The van der Waals surface area contributed by atoms with Crippen molar-refractivity contribution < 1.29 is 4.79 Å². The van der Waals surface area contributed by atoms with E-state index in [2.05, 4.69) is 15.3 Å². The molecule has 0 radical (unpaired) electrons. The summed E-state index contributed by atoms with van der Waals surface area (Å²) in [6.45, 7) is 1.88. The maximum absolute atomic E-state index is 12.3. The summed E-state index contributed by atoms with van der Waals surface area (Å²) >= 11 is 3.04. The molecule has 4 aromatic rings. The fraction of sp³-hybridized carbons (Fsp3) is 0.0625. The van der Waals surface area contributed by atoms with Gasteiger partial charge in [-0.2, -0.15) is 11.3 Å². The van der Waals surface area contributed by atoms with Crippen LogP contribution >= 0.6 is 22.7 Å². The van der Waals surface area contributed by atoms with Crippen LogP contribution in [0.25, 0.3) is 16.9 Å². The third kappa shape index (κ3) is 2.54. The Bertz CT molecular complexity index is 971. The lowest BCUT2D eigenvalue weighted by Gasteiger charge is -2.06. The number of hydrogen-bond donors (Lipinski definition) is 1. The van der Waals surface area contributed by atoms with Crippen molar-refractivity contribution in [3.63, 3.8) is 0 Å². The summed E-state index contributed by atoms with van der Waals surface area (Å²) < 4.78 is 1.88. The van der Waals surface area contributed by atoms with E-state index in [1.165, 1.54) is 11.3 Å². The molecular weight excluding hydrogens is 328 g/mol. The number of fused-ring (bicyclic) bond motifs is 1. The smallest absolute Gasteiger partial charge is 0.266 e. The van der Waals surface area contributed by atoms with Crippen LogP contribution in [0.1, 0.15) is 15.4 Å². The van der Waals surface area contributed by atoms with Crippen LogP contribution in [0.15, 0.2) is 46.7 Å². The molecule has 114 valence electrons. The predicted molar refractivity (Wildman–Crippen MR) is 93.3 cm³/mol. The number of thiophene rings is 2. The van der Waals surface area contributed by atoms with Crippen LogP contribution in [0.2, 0.25) is 0 Å². The SMILES string of the molecule is Cc1nc2cnc(-c3ccsc3)cn2c1NC(=O)c1cccs1. The van der Waals surface area contributed by atoms with E-state index in [4.69, 9.17) is 0 Å². The molecule has 4 heterocycles. The first-order chi connectivity index (χ1) is 11.2. The molecule has 1 amide bonds. The molecule has 0 aromatic carbocycles. The molecule has 0 saturated heterocycles. The first-order valence-corrected chi connectivity index (χ1v) is 8.77. The highest BCUT2D eigenvalue weighted by atomic mass is 32.1. The summed E-state index contributed by atoms with van der Waals surface area (Å²) in [5.41, 5.74) is 3.38. The quantitative estimate of drug-likeness (QED) is 0.611. The van der Waals surface area contributed by atoms with Gasteiger partial charge in [0.2, 0.25) is 0 Å². The molecule has 5 nitrogen and oxygen atoms in total. The first kappa shape index (κ1) is 14.1. The largest absolute Gasteiger partial charge is 0.305 e. The number of aromatic nitrogens is 3. The average molecular weight is 340 g/mol. The van der Waals surface area contributed by atoms with Crippen molar-refractivity contribution in [3.8, 4) is 11.3 Å². The van der Waals surface area contributed by atoms with Gasteiger partial charge in [-0.1, -0.05) is 6.07 Å². The van der Waals surface area contributed by atoms with Gasteiger partial charge in [-0.3, -0.25) is 14.2 Å². The number of imidazole rings is 1. The van der Waals surface area contributed by atoms with Gasteiger partial charge in [0.05, 0.1) is 22.5 Å². The third-order valence-electron chi connectivity index (χ3n) is 3.48. The monoisotopic (exact) mass is 340 g/mol. The molecule has 0 aliphatic carbocycles. The van der Waals surface area contributed by atoms with Gasteiger partial charge in [-0.05, 0) is 29.8 Å². The fourth-order valence-corrected chi connectivity index (χ4v) is 3.63. The minimum absolute atomic E-state index is 0.126. The van der Waals surface area contributed by atoms with E-state index in [0.717, 1.165) is 17.0 Å². The number of nitrogens with one attached hydrogen (secondary N) is 1. The number of aryl methyl sites for hydroxylation is 1. The highest BCUT2D eigenvalue weighted by molar-refractivity contribution is 7.12. The van der Waals surface area contributed by atoms with Crippen LogP contribution in [0, 0.1) is 6.92 Å². The zero-order chi connectivity index (χ0) is 15.8. The summed E-state index contributed by atoms with van der Waals surface area (Å²) in [4.78, 5) is 21.9. The Labute approximate surface area is 140 Å². The van der Waals surface area contributed by atoms with Crippen LogP contribution in [-0.2, 0) is 0 Å². The zero-order valence-corrected chi connectivity index (χ0v) is 13.8. The van der Waals surface area contributed by atoms with E-state index < -0.39 is 0 Å². The van der Waals surface area contributed by atoms with Crippen LogP contribution in [0.5, 0.6) is 0 Å². The normalized spacial score (nSPS) is 11.0. The maximum atomic E-state index is 12.3. The van der Waals surface area contributed by atoms with Crippen molar-refractivity contribution in [2.24, 2.45) is 0 Å². The third-order valence-corrected chi connectivity index (χ3v) is 5.03. The van der Waals surface area contributed by atoms with Gasteiger partial charge in [-0.25, -0.2) is 4.98 Å². The fourth-order valence-electron chi connectivity index (χ4n) is 2.36. The van der Waals surface area contributed by atoms with E-state index in [1.807, 2.05) is 45.8 Å². The number of amides is 1. The van der Waals surface area contributed by atoms with E-state index in [9.17, 15) is 4.79 Å². The lowest BCUT2D eigenvalue weighted by Crippen LogP contribution is -2.12. The second kappa shape index (κ2) is 5.60. The summed E-state index contributed by atoms with van der Waals surface area (Å²) in [6.07, 6.45) is 3.63. The molecule has 4 rings (SSSR count). The zero-order valence-electron chi connectivity index (χ0n) is 12.2. The van der Waals surface area contributed by atoms with Gasteiger partial charge < -0.3 is 5.32 Å². The summed E-state index contributed by atoms with van der Waals surface area (Å²) in [5, 5.41) is 8.90. The molecule has 23 heavy (non-hydrogen) atoms. The Morgan fingerprint density at radius 1 is 1.30 bits per heavy atom. The Morgan fingerprint density at radius 2 is 2.22 bits per heavy atom. The molecule has 1 N–H and O–H groups in total. The number of nitrogens with zero attached hydrogens (tertiary/aromatic N) is 3. The first-order valence-electron chi connectivity index (χ1n) is 6.94. The molecule has 0 aliphatic heterocycles. The van der Waals surface area contributed by atoms with Gasteiger partial charge in [0.25, 0.3) is 5.91 Å². The van der Waals surface area contributed by atoms with Crippen LogP contribution in [-0.4, -0.2) is 20.3 Å². The van der Waals surface area contributed by atoms with Crippen molar-refractivity contribution in [1.82, 2.24) is 14.4 Å². The molecule has 0 spiro atoms. The summed E-state index contributed by atoms with van der Waals surface area (Å²) in [7, 11) is 0. The standard InChI is InChI=1S/C16H12N4OS2/c1-10-15(19-16(21)13-3-2-5-23-13)20-8-12(11-4-6-22-9-11)17-7-14(20)18-10/h2-9H,1H3,(H,19,21). The van der Waals surface area contributed by atoms with E-state index in [-0.39, 0.29) is 5.91 Å². The number of anilines is 1. The summed E-state index contributed by atoms with van der Waals surface area (Å²) in [5.74, 6) is 0.552. The molecule has 0 fully saturated rings. The molecule has 0 aliphatic rings. The molecule has 7 heteroatoms. The van der Waals surface area contributed by atoms with Crippen molar-refractivity contribution >= 4 is 40.0 Å². The molecule has 0 atom stereocenters. The molecule has 0 bridgehead atoms. The van der Waals surface area contributed by atoms with Crippen molar-refractivity contribution in [2.45, 2.75) is 6.92 Å². The van der Waals surface area contributed by atoms with Gasteiger partial charge in [0.1, 0.15) is 5.82 Å². The number of rotatable bonds is 3. The Balaban J connectivity index is 1.77. The average Bonchev–Trinajstić information content (AvgIpc) is 3.28. The van der Waals surface area contributed by atoms with Crippen LogP contribution < -0.4 is 5.32 Å². The molecular formula is C16H12N4OS2. The number of carbonyl (C=O) groups is 1. The predicted octanol–water partition coefficient (Wildman–Crippen LogP) is 4.08. The summed E-state index contributed by atoms with van der Waals surface area (Å²) in [6, 6.07) is 5.68. The van der Waals surface area contributed by atoms with Gasteiger partial charge in [-0.15, -0.1) is 11.3 Å². The van der Waals surface area contributed by atoms with Crippen LogP contribution in [0.4, 0.5) is 5.82 Å². The number of hydrogen-bond acceptors (Lipinski definition) is 5. The van der Waals surface area contributed by atoms with Crippen LogP contribution in [0.3, 0.4) is 0 Å². The topological polar surface area (TPSA) is 59.3 Å². The van der Waals surface area contributed by atoms with Crippen molar-refractivity contribution in [3.05, 3.63) is 57.3 Å². The number of carbonyl (C=O) groups excluding carboxylic acids is 1. The van der Waals surface area contributed by atoms with E-state index in [0.29, 0.717) is 16.3 Å². The molecule has 0 unspecified atom stereocenters. The molecule has 4 aromatic heterocycles. The minimum Gasteiger partial charge on any atom is -0.305 e. The Morgan fingerprint density at radius 3 is 2.96 bits per heavy atom. The van der Waals surface area contributed by atoms with E-state index in [1.54, 1.807) is 23.6 Å². The van der Waals surface area contributed by atoms with Gasteiger partial charge in [0, 0.05) is 17.1 Å². The lowest BCUT2D eigenvalue weighted by atomic mass is 10.2. The Hall–Kier alpha value is -2.51. The minimum atomic E-state index is -0.126. The highest BCUT2D eigenvalue weighted by Gasteiger charge is 2.15. The highest BCUT2D eigenvalue weighted by Crippen LogP contribution is 2.24. The lowest BCUT2D eigenvalue weighted by molar-refractivity contribution is 0.103. The van der Waals surface area contributed by atoms with Gasteiger partial charge in [0.15, 0.2) is 5.65 Å². The van der Waals surface area contributed by atoms with Crippen molar-refractivity contribution in [1.29, 1.82) is 0 Å².